The Balaban J connectivity index is 1.60. The fourth-order valence-corrected chi connectivity index (χ4v) is 3.71. The van der Waals surface area contributed by atoms with Gasteiger partial charge >= 0.3 is 0 Å². The van der Waals surface area contributed by atoms with Gasteiger partial charge in [0.25, 0.3) is 5.71 Å². The van der Waals surface area contributed by atoms with E-state index in [1.54, 1.807) is 7.11 Å². The predicted molar refractivity (Wildman–Crippen MR) is 110 cm³/mol. The van der Waals surface area contributed by atoms with Crippen LogP contribution >= 0.6 is 0 Å². The third-order valence-electron chi connectivity index (χ3n) is 5.21. The number of hydrogen-bond acceptors (Lipinski definition) is 7. The van der Waals surface area contributed by atoms with Crippen LogP contribution in [-0.2, 0) is 4.79 Å². The van der Waals surface area contributed by atoms with Gasteiger partial charge in [-0.15, -0.1) is 0 Å². The summed E-state index contributed by atoms with van der Waals surface area (Å²) in [5, 5.41) is 8.05. The van der Waals surface area contributed by atoms with Crippen molar-refractivity contribution in [2.24, 2.45) is 5.92 Å². The van der Waals surface area contributed by atoms with Crippen molar-refractivity contribution in [2.45, 2.75) is 32.7 Å². The standard InChI is InChI=1S/C21H25N5O3/c1-13(2)24-20(27)15-8-10-26(11-9-15)19-17-18(25-29-21(17)23-12-22-19)14-4-6-16(28-3)7-5-14/h4-7,12-13,15H,8-11H2,1-3H3,(H,24,27). The highest BCUT2D eigenvalue weighted by molar-refractivity contribution is 5.98. The molecule has 0 atom stereocenters. The van der Waals surface area contributed by atoms with Crippen LogP contribution in [0.4, 0.5) is 5.82 Å². The molecule has 0 unspecified atom stereocenters. The Hall–Kier alpha value is -3.16. The molecular formula is C21H25N5O3. The normalized spacial score (nSPS) is 15.1. The van der Waals surface area contributed by atoms with Gasteiger partial charge in [-0.05, 0) is 51.0 Å². The summed E-state index contributed by atoms with van der Waals surface area (Å²) in [6, 6.07) is 7.81. The van der Waals surface area contributed by atoms with Gasteiger partial charge < -0.3 is 19.5 Å². The second-order valence-electron chi connectivity index (χ2n) is 7.56. The number of aromatic nitrogens is 3. The molecule has 8 heteroatoms. The molecule has 1 fully saturated rings. The number of amides is 1. The number of rotatable bonds is 5. The Morgan fingerprint density at radius 2 is 1.93 bits per heavy atom. The van der Waals surface area contributed by atoms with Gasteiger partial charge in [0.2, 0.25) is 5.91 Å². The zero-order valence-corrected chi connectivity index (χ0v) is 16.9. The van der Waals surface area contributed by atoms with Crippen LogP contribution in [0.3, 0.4) is 0 Å². The molecule has 0 aliphatic carbocycles. The highest BCUT2D eigenvalue weighted by atomic mass is 16.5. The van der Waals surface area contributed by atoms with Crippen molar-refractivity contribution >= 4 is 22.8 Å². The summed E-state index contributed by atoms with van der Waals surface area (Å²) in [6.45, 7) is 5.46. The maximum Gasteiger partial charge on any atom is 0.263 e. The minimum Gasteiger partial charge on any atom is -0.497 e. The first-order chi connectivity index (χ1) is 14.1. The number of carbonyl (C=O) groups excluding carboxylic acids is 1. The lowest BCUT2D eigenvalue weighted by Gasteiger charge is -2.32. The summed E-state index contributed by atoms with van der Waals surface area (Å²) < 4.78 is 10.7. The average Bonchev–Trinajstić information content (AvgIpc) is 3.18. The smallest absolute Gasteiger partial charge is 0.263 e. The van der Waals surface area contributed by atoms with Crippen molar-refractivity contribution in [2.75, 3.05) is 25.1 Å². The highest BCUT2D eigenvalue weighted by Gasteiger charge is 2.28. The van der Waals surface area contributed by atoms with Gasteiger partial charge in [0, 0.05) is 30.6 Å². The molecule has 0 bridgehead atoms. The van der Waals surface area contributed by atoms with E-state index in [-0.39, 0.29) is 17.9 Å². The summed E-state index contributed by atoms with van der Waals surface area (Å²) in [5.74, 6) is 1.75. The summed E-state index contributed by atoms with van der Waals surface area (Å²) in [7, 11) is 1.64. The largest absolute Gasteiger partial charge is 0.497 e. The Kier molecular flexibility index (Phi) is 5.33. The molecular weight excluding hydrogens is 370 g/mol. The quantitative estimate of drug-likeness (QED) is 0.710. The number of hydrogen-bond donors (Lipinski definition) is 1. The Morgan fingerprint density at radius 3 is 2.59 bits per heavy atom. The first-order valence-electron chi connectivity index (χ1n) is 9.87. The molecule has 4 rings (SSSR count). The lowest BCUT2D eigenvalue weighted by atomic mass is 9.95. The first-order valence-corrected chi connectivity index (χ1v) is 9.87. The van der Waals surface area contributed by atoms with Crippen LogP contribution in [0.5, 0.6) is 5.75 Å². The number of piperidine rings is 1. The number of methoxy groups -OCH3 is 1. The molecule has 152 valence electrons. The number of anilines is 1. The third-order valence-corrected chi connectivity index (χ3v) is 5.21. The van der Waals surface area contributed by atoms with Crippen molar-refractivity contribution < 1.29 is 14.1 Å². The van der Waals surface area contributed by atoms with E-state index in [4.69, 9.17) is 9.26 Å². The van der Waals surface area contributed by atoms with Gasteiger partial charge in [0.05, 0.1) is 7.11 Å². The second-order valence-corrected chi connectivity index (χ2v) is 7.56. The van der Waals surface area contributed by atoms with Crippen LogP contribution in [0, 0.1) is 5.92 Å². The molecule has 3 aromatic rings. The zero-order valence-electron chi connectivity index (χ0n) is 16.9. The van der Waals surface area contributed by atoms with Crippen LogP contribution in [0.25, 0.3) is 22.4 Å². The van der Waals surface area contributed by atoms with Crippen molar-refractivity contribution in [3.05, 3.63) is 30.6 Å². The molecule has 3 heterocycles. The average molecular weight is 395 g/mol. The van der Waals surface area contributed by atoms with E-state index in [0.29, 0.717) is 11.4 Å². The molecule has 1 saturated heterocycles. The molecule has 1 aliphatic rings. The molecule has 1 aromatic carbocycles. The minimum atomic E-state index is 0.0366. The molecule has 29 heavy (non-hydrogen) atoms. The van der Waals surface area contributed by atoms with Crippen molar-refractivity contribution in [3.63, 3.8) is 0 Å². The lowest BCUT2D eigenvalue weighted by molar-refractivity contribution is -0.126. The Labute approximate surface area is 169 Å². The molecule has 2 aromatic heterocycles. The van der Waals surface area contributed by atoms with Gasteiger partial charge in [-0.2, -0.15) is 4.98 Å². The third kappa shape index (κ3) is 3.87. The predicted octanol–water partition coefficient (Wildman–Crippen LogP) is 3.03. The van der Waals surface area contributed by atoms with E-state index < -0.39 is 0 Å². The summed E-state index contributed by atoms with van der Waals surface area (Å²) in [6.07, 6.45) is 3.07. The lowest BCUT2D eigenvalue weighted by Crippen LogP contribution is -2.42. The van der Waals surface area contributed by atoms with E-state index in [1.165, 1.54) is 6.33 Å². The van der Waals surface area contributed by atoms with E-state index in [2.05, 4.69) is 25.3 Å². The van der Waals surface area contributed by atoms with E-state index in [1.807, 2.05) is 38.1 Å². The number of nitrogens with one attached hydrogen (secondary N) is 1. The number of ether oxygens (including phenoxy) is 1. The number of carbonyl (C=O) groups is 1. The topological polar surface area (TPSA) is 93.4 Å². The Morgan fingerprint density at radius 1 is 1.21 bits per heavy atom. The molecule has 1 aliphatic heterocycles. The molecule has 0 spiro atoms. The molecule has 1 N–H and O–H groups in total. The van der Waals surface area contributed by atoms with Crippen LogP contribution in [0.15, 0.2) is 35.1 Å². The van der Waals surface area contributed by atoms with Crippen LogP contribution in [0.2, 0.25) is 0 Å². The van der Waals surface area contributed by atoms with E-state index in [0.717, 1.165) is 48.4 Å². The molecule has 0 saturated carbocycles. The summed E-state index contributed by atoms with van der Waals surface area (Å²) >= 11 is 0. The maximum absolute atomic E-state index is 12.3. The monoisotopic (exact) mass is 395 g/mol. The van der Waals surface area contributed by atoms with Crippen molar-refractivity contribution in [1.82, 2.24) is 20.4 Å². The van der Waals surface area contributed by atoms with Gasteiger partial charge in [-0.25, -0.2) is 4.98 Å². The minimum absolute atomic E-state index is 0.0366. The fraction of sp³-hybridized carbons (Fsp3) is 0.429. The van der Waals surface area contributed by atoms with Gasteiger partial charge in [0.1, 0.15) is 29.0 Å². The van der Waals surface area contributed by atoms with Crippen LogP contribution < -0.4 is 15.0 Å². The summed E-state index contributed by atoms with van der Waals surface area (Å²) in [4.78, 5) is 23.3. The van der Waals surface area contributed by atoms with Crippen LogP contribution in [-0.4, -0.2) is 47.3 Å². The van der Waals surface area contributed by atoms with Gasteiger partial charge in [-0.3, -0.25) is 4.79 Å². The molecule has 1 amide bonds. The maximum atomic E-state index is 12.3. The molecule has 0 radical (unpaired) electrons. The van der Waals surface area contributed by atoms with Gasteiger partial charge in [-0.1, -0.05) is 5.16 Å². The van der Waals surface area contributed by atoms with Gasteiger partial charge in [0.15, 0.2) is 0 Å². The van der Waals surface area contributed by atoms with E-state index >= 15 is 0 Å². The zero-order chi connectivity index (χ0) is 20.4. The number of benzene rings is 1. The SMILES string of the molecule is COc1ccc(-c2noc3ncnc(N4CCC(C(=O)NC(C)C)CC4)c23)cc1. The van der Waals surface area contributed by atoms with Crippen LogP contribution in [0.1, 0.15) is 26.7 Å². The molecule has 8 nitrogen and oxygen atoms in total. The summed E-state index contributed by atoms with van der Waals surface area (Å²) in [5.41, 5.74) is 2.07. The second kappa shape index (κ2) is 8.06. The van der Waals surface area contributed by atoms with Crippen molar-refractivity contribution in [3.8, 4) is 17.0 Å². The number of nitrogens with zero attached hydrogens (tertiary/aromatic N) is 4. The first kappa shape index (κ1) is 19.2. The fourth-order valence-electron chi connectivity index (χ4n) is 3.71. The van der Waals surface area contributed by atoms with Crippen molar-refractivity contribution in [1.29, 1.82) is 0 Å². The van der Waals surface area contributed by atoms with E-state index in [9.17, 15) is 4.79 Å². The highest BCUT2D eigenvalue weighted by Crippen LogP contribution is 2.35. The Bertz CT molecular complexity index is 991. The number of fused-ring (bicyclic) bond motifs is 1.